The third-order valence-corrected chi connectivity index (χ3v) is 3.20. The molecule has 1 aromatic carbocycles. The normalized spacial score (nSPS) is 10.0. The Hall–Kier alpha value is -2.48. The minimum atomic E-state index is -0.625. The van der Waals surface area contributed by atoms with Crippen LogP contribution in [-0.2, 0) is 16.0 Å². The van der Waals surface area contributed by atoms with Crippen molar-refractivity contribution in [2.45, 2.75) is 6.42 Å². The van der Waals surface area contributed by atoms with E-state index in [9.17, 15) is 14.0 Å². The van der Waals surface area contributed by atoms with Crippen LogP contribution in [0, 0.1) is 5.82 Å². The van der Waals surface area contributed by atoms with Crippen LogP contribution < -0.4 is 10.6 Å². The average molecular weight is 309 g/mol. The molecule has 2 aromatic rings. The Labute approximate surface area is 124 Å². The van der Waals surface area contributed by atoms with Crippen LogP contribution in [0.3, 0.4) is 0 Å². The minimum Gasteiger partial charge on any atom is -0.453 e. The number of aromatic nitrogens is 1. The van der Waals surface area contributed by atoms with Crippen molar-refractivity contribution in [3.8, 4) is 0 Å². The molecular formula is C13H12FN3O3S. The number of carbonyl (C=O) groups is 2. The number of hydrogen-bond donors (Lipinski definition) is 2. The highest BCUT2D eigenvalue weighted by Crippen LogP contribution is 2.16. The molecular weight excluding hydrogens is 297 g/mol. The Morgan fingerprint density at radius 2 is 2.19 bits per heavy atom. The van der Waals surface area contributed by atoms with E-state index in [-0.39, 0.29) is 12.3 Å². The summed E-state index contributed by atoms with van der Waals surface area (Å²) in [6, 6.07) is 5.61. The summed E-state index contributed by atoms with van der Waals surface area (Å²) >= 11 is 1.18. The second-order valence-corrected chi connectivity index (χ2v) is 4.85. The molecule has 0 atom stereocenters. The van der Waals surface area contributed by atoms with E-state index < -0.39 is 11.9 Å². The highest BCUT2D eigenvalue weighted by Gasteiger charge is 2.10. The molecule has 0 radical (unpaired) electrons. The predicted octanol–water partition coefficient (Wildman–Crippen LogP) is 2.64. The SMILES string of the molecule is COC(=O)Nc1nc(CC(=O)Nc2cccc(F)c2)cs1. The molecule has 2 N–H and O–H groups in total. The van der Waals surface area contributed by atoms with Crippen LogP contribution >= 0.6 is 11.3 Å². The maximum Gasteiger partial charge on any atom is 0.413 e. The van der Waals surface area contributed by atoms with Gasteiger partial charge in [-0.25, -0.2) is 14.2 Å². The number of nitrogens with one attached hydrogen (secondary N) is 2. The zero-order chi connectivity index (χ0) is 15.2. The Bertz CT molecular complexity index is 660. The predicted molar refractivity (Wildman–Crippen MR) is 76.9 cm³/mol. The van der Waals surface area contributed by atoms with Crippen LogP contribution in [0.1, 0.15) is 5.69 Å². The fraction of sp³-hybridized carbons (Fsp3) is 0.154. The molecule has 6 nitrogen and oxygen atoms in total. The third kappa shape index (κ3) is 4.53. The number of amides is 2. The maximum absolute atomic E-state index is 13.0. The molecule has 2 amide bonds. The molecule has 0 saturated heterocycles. The van der Waals surface area contributed by atoms with E-state index in [0.717, 1.165) is 0 Å². The van der Waals surface area contributed by atoms with E-state index in [1.54, 1.807) is 11.4 Å². The van der Waals surface area contributed by atoms with E-state index in [2.05, 4.69) is 20.4 Å². The zero-order valence-electron chi connectivity index (χ0n) is 11.1. The van der Waals surface area contributed by atoms with Crippen LogP contribution in [0.2, 0.25) is 0 Å². The molecule has 2 rings (SSSR count). The summed E-state index contributed by atoms with van der Waals surface area (Å²) in [5, 5.41) is 6.97. The molecule has 0 fully saturated rings. The van der Waals surface area contributed by atoms with E-state index in [4.69, 9.17) is 0 Å². The topological polar surface area (TPSA) is 80.3 Å². The first-order valence-electron chi connectivity index (χ1n) is 5.91. The van der Waals surface area contributed by atoms with Gasteiger partial charge in [0.25, 0.3) is 0 Å². The van der Waals surface area contributed by atoms with Gasteiger partial charge < -0.3 is 10.1 Å². The van der Waals surface area contributed by atoms with Crippen molar-refractivity contribution in [1.82, 2.24) is 4.98 Å². The number of halogens is 1. The second kappa shape index (κ2) is 6.80. The van der Waals surface area contributed by atoms with Gasteiger partial charge >= 0.3 is 6.09 Å². The van der Waals surface area contributed by atoms with Crippen molar-refractivity contribution in [2.24, 2.45) is 0 Å². The Kier molecular flexibility index (Phi) is 4.83. The summed E-state index contributed by atoms with van der Waals surface area (Å²) in [5.41, 5.74) is 0.878. The molecule has 0 unspecified atom stereocenters. The molecule has 0 aliphatic rings. The van der Waals surface area contributed by atoms with Crippen molar-refractivity contribution < 1.29 is 18.7 Å². The van der Waals surface area contributed by atoms with Crippen molar-refractivity contribution >= 4 is 34.2 Å². The molecule has 0 spiro atoms. The number of hydrogen-bond acceptors (Lipinski definition) is 5. The van der Waals surface area contributed by atoms with Crippen molar-refractivity contribution in [3.05, 3.63) is 41.2 Å². The summed E-state index contributed by atoms with van der Waals surface area (Å²) < 4.78 is 17.4. The summed E-state index contributed by atoms with van der Waals surface area (Å²) in [5.74, 6) is -0.749. The number of benzene rings is 1. The lowest BCUT2D eigenvalue weighted by Crippen LogP contribution is -2.15. The highest BCUT2D eigenvalue weighted by molar-refractivity contribution is 7.13. The van der Waals surface area contributed by atoms with E-state index >= 15 is 0 Å². The molecule has 110 valence electrons. The van der Waals surface area contributed by atoms with E-state index in [0.29, 0.717) is 16.5 Å². The summed E-state index contributed by atoms with van der Waals surface area (Å²) in [4.78, 5) is 26.9. The standard InChI is InChI=1S/C13H12FN3O3S/c1-20-13(19)17-12-16-10(7-21-12)6-11(18)15-9-4-2-3-8(14)5-9/h2-5,7H,6H2,1H3,(H,15,18)(H,16,17,19). The first-order chi connectivity index (χ1) is 10.1. The lowest BCUT2D eigenvalue weighted by molar-refractivity contribution is -0.115. The molecule has 21 heavy (non-hydrogen) atoms. The number of thiazole rings is 1. The molecule has 0 aliphatic heterocycles. The number of ether oxygens (including phenoxy) is 1. The first kappa shape index (κ1) is 14.9. The fourth-order valence-corrected chi connectivity index (χ4v) is 2.22. The van der Waals surface area contributed by atoms with Crippen molar-refractivity contribution in [1.29, 1.82) is 0 Å². The summed E-state index contributed by atoms with van der Waals surface area (Å²) in [6.07, 6.45) is -0.601. The van der Waals surface area contributed by atoms with Gasteiger partial charge in [0.1, 0.15) is 5.82 Å². The van der Waals surface area contributed by atoms with Gasteiger partial charge in [0.2, 0.25) is 5.91 Å². The Morgan fingerprint density at radius 1 is 1.38 bits per heavy atom. The van der Waals surface area contributed by atoms with E-state index in [1.807, 2.05) is 0 Å². The number of nitrogens with zero attached hydrogens (tertiary/aromatic N) is 1. The Balaban J connectivity index is 1.92. The van der Waals surface area contributed by atoms with Gasteiger partial charge in [0.15, 0.2) is 5.13 Å². The monoisotopic (exact) mass is 309 g/mol. The van der Waals surface area contributed by atoms with Crippen LogP contribution in [0.25, 0.3) is 0 Å². The van der Waals surface area contributed by atoms with Crippen LogP contribution in [0.15, 0.2) is 29.6 Å². The van der Waals surface area contributed by atoms with Gasteiger partial charge in [-0.2, -0.15) is 0 Å². The zero-order valence-corrected chi connectivity index (χ0v) is 11.9. The number of methoxy groups -OCH3 is 1. The van der Waals surface area contributed by atoms with Gasteiger partial charge in [0.05, 0.1) is 19.2 Å². The molecule has 0 aliphatic carbocycles. The van der Waals surface area contributed by atoms with Crippen LogP contribution in [0.5, 0.6) is 0 Å². The van der Waals surface area contributed by atoms with Crippen LogP contribution in [-0.4, -0.2) is 24.1 Å². The molecule has 1 heterocycles. The van der Waals surface area contributed by atoms with Gasteiger partial charge in [-0.1, -0.05) is 6.07 Å². The quantitative estimate of drug-likeness (QED) is 0.910. The van der Waals surface area contributed by atoms with Gasteiger partial charge in [-0.15, -0.1) is 11.3 Å². The number of anilines is 2. The smallest absolute Gasteiger partial charge is 0.413 e. The average Bonchev–Trinajstić information content (AvgIpc) is 2.85. The first-order valence-corrected chi connectivity index (χ1v) is 6.79. The number of carbonyl (C=O) groups excluding carboxylic acids is 2. The van der Waals surface area contributed by atoms with E-state index in [1.165, 1.54) is 36.6 Å². The summed E-state index contributed by atoms with van der Waals surface area (Å²) in [6.45, 7) is 0. The molecule has 0 bridgehead atoms. The Morgan fingerprint density at radius 3 is 2.90 bits per heavy atom. The fourth-order valence-electron chi connectivity index (χ4n) is 1.52. The lowest BCUT2D eigenvalue weighted by atomic mass is 10.3. The molecule has 8 heteroatoms. The lowest BCUT2D eigenvalue weighted by Gasteiger charge is -2.03. The van der Waals surface area contributed by atoms with Crippen molar-refractivity contribution in [3.63, 3.8) is 0 Å². The van der Waals surface area contributed by atoms with Gasteiger partial charge in [-0.3, -0.25) is 10.1 Å². The summed E-state index contributed by atoms with van der Waals surface area (Å²) in [7, 11) is 1.25. The van der Waals surface area contributed by atoms with Gasteiger partial charge in [0, 0.05) is 11.1 Å². The van der Waals surface area contributed by atoms with Gasteiger partial charge in [-0.05, 0) is 18.2 Å². The minimum absolute atomic E-state index is 0.0237. The van der Waals surface area contributed by atoms with Crippen LogP contribution in [0.4, 0.5) is 20.0 Å². The third-order valence-electron chi connectivity index (χ3n) is 2.40. The largest absolute Gasteiger partial charge is 0.453 e. The maximum atomic E-state index is 13.0. The highest BCUT2D eigenvalue weighted by atomic mass is 32.1. The molecule has 1 aromatic heterocycles. The van der Waals surface area contributed by atoms with Crippen molar-refractivity contribution in [2.75, 3.05) is 17.7 Å². The molecule has 0 saturated carbocycles. The number of rotatable bonds is 4. The second-order valence-electron chi connectivity index (χ2n) is 4.00.